The van der Waals surface area contributed by atoms with Crippen molar-refractivity contribution in [1.29, 1.82) is 0 Å². The highest BCUT2D eigenvalue weighted by Crippen LogP contribution is 2.36. The van der Waals surface area contributed by atoms with Crippen molar-refractivity contribution in [2.45, 2.75) is 31.2 Å². The van der Waals surface area contributed by atoms with Crippen LogP contribution in [0.4, 0.5) is 0 Å². The molecule has 1 saturated carbocycles. The number of benzene rings is 1. The monoisotopic (exact) mass is 307 g/mol. The van der Waals surface area contributed by atoms with Crippen molar-refractivity contribution in [3.8, 4) is 11.5 Å². The normalized spacial score (nSPS) is 18.1. The first kappa shape index (κ1) is 11.9. The maximum Gasteiger partial charge on any atom is 0.259 e. The molecule has 1 aromatic heterocycles. The van der Waals surface area contributed by atoms with Crippen LogP contribution in [0.15, 0.2) is 33.3 Å². The van der Waals surface area contributed by atoms with Gasteiger partial charge in [0.2, 0.25) is 0 Å². The minimum Gasteiger partial charge on any atom is -0.334 e. The lowest BCUT2D eigenvalue weighted by molar-refractivity contribution is 0.372. The Morgan fingerprint density at radius 2 is 1.94 bits per heavy atom. The number of nitrogens with zero attached hydrogens (tertiary/aromatic N) is 2. The molecule has 1 aliphatic rings. The number of hydrogen-bond acceptors (Lipinski definition) is 4. The zero-order valence-electron chi connectivity index (χ0n) is 9.90. The summed E-state index contributed by atoms with van der Waals surface area (Å²) < 4.78 is 6.28. The molecular weight excluding hydrogens is 294 g/mol. The Bertz CT molecular complexity index is 561. The van der Waals surface area contributed by atoms with Gasteiger partial charge in [0.1, 0.15) is 0 Å². The fourth-order valence-corrected chi connectivity index (χ4v) is 2.85. The summed E-state index contributed by atoms with van der Waals surface area (Å²) in [6, 6.07) is 7.79. The average Bonchev–Trinajstić information content (AvgIpc) is 2.99. The van der Waals surface area contributed by atoms with Crippen molar-refractivity contribution >= 4 is 15.9 Å². The van der Waals surface area contributed by atoms with E-state index < -0.39 is 5.54 Å². The second-order valence-corrected chi connectivity index (χ2v) is 5.62. The van der Waals surface area contributed by atoms with Crippen molar-refractivity contribution < 1.29 is 4.52 Å². The first-order valence-corrected chi connectivity index (χ1v) is 6.86. The van der Waals surface area contributed by atoms with E-state index in [-0.39, 0.29) is 0 Å². The fourth-order valence-electron chi connectivity index (χ4n) is 2.40. The van der Waals surface area contributed by atoms with E-state index in [1.165, 1.54) is 0 Å². The number of aromatic nitrogens is 2. The Morgan fingerprint density at radius 3 is 2.67 bits per heavy atom. The molecule has 0 unspecified atom stereocenters. The highest BCUT2D eigenvalue weighted by atomic mass is 79.9. The quantitative estimate of drug-likeness (QED) is 0.925. The lowest BCUT2D eigenvalue weighted by atomic mass is 9.99. The molecule has 0 atom stereocenters. The van der Waals surface area contributed by atoms with Gasteiger partial charge >= 0.3 is 0 Å². The Morgan fingerprint density at radius 1 is 1.22 bits per heavy atom. The van der Waals surface area contributed by atoms with E-state index in [1.807, 2.05) is 24.3 Å². The largest absolute Gasteiger partial charge is 0.334 e. The molecule has 1 aromatic carbocycles. The van der Waals surface area contributed by atoms with Crippen LogP contribution in [0.1, 0.15) is 31.5 Å². The zero-order valence-corrected chi connectivity index (χ0v) is 11.5. The molecule has 2 N–H and O–H groups in total. The van der Waals surface area contributed by atoms with Crippen LogP contribution in [-0.2, 0) is 5.54 Å². The third-order valence-electron chi connectivity index (χ3n) is 3.47. The van der Waals surface area contributed by atoms with E-state index in [9.17, 15) is 0 Å². The van der Waals surface area contributed by atoms with Crippen molar-refractivity contribution in [2.75, 3.05) is 0 Å². The van der Waals surface area contributed by atoms with Gasteiger partial charge in [-0.3, -0.25) is 0 Å². The Hall–Kier alpha value is -1.20. The molecule has 1 fully saturated rings. The highest BCUT2D eigenvalue weighted by Gasteiger charge is 2.36. The lowest BCUT2D eigenvalue weighted by Gasteiger charge is -2.17. The molecule has 5 heteroatoms. The van der Waals surface area contributed by atoms with E-state index >= 15 is 0 Å². The Kier molecular flexibility index (Phi) is 2.95. The van der Waals surface area contributed by atoms with Crippen LogP contribution in [0.25, 0.3) is 11.5 Å². The summed E-state index contributed by atoms with van der Waals surface area (Å²) in [5.41, 5.74) is 6.81. The molecule has 0 aliphatic heterocycles. The van der Waals surface area contributed by atoms with Gasteiger partial charge in [0.05, 0.1) is 11.1 Å². The standard InChI is InChI=1S/C13H14BrN3O/c14-10-6-2-1-5-9(10)11-16-12(17-18-11)13(15)7-3-4-8-13/h1-2,5-6H,3-4,7-8,15H2. The topological polar surface area (TPSA) is 64.9 Å². The molecule has 4 nitrogen and oxygen atoms in total. The molecule has 0 spiro atoms. The predicted molar refractivity (Wildman–Crippen MR) is 71.8 cm³/mol. The van der Waals surface area contributed by atoms with Crippen molar-refractivity contribution in [3.05, 3.63) is 34.6 Å². The SMILES string of the molecule is NC1(c2noc(-c3ccccc3Br)n2)CCCC1. The van der Waals surface area contributed by atoms with Gasteiger partial charge in [-0.1, -0.05) is 30.1 Å². The van der Waals surface area contributed by atoms with Gasteiger partial charge < -0.3 is 10.3 Å². The van der Waals surface area contributed by atoms with Crippen LogP contribution in [0.2, 0.25) is 0 Å². The molecule has 1 aliphatic carbocycles. The van der Waals surface area contributed by atoms with Gasteiger partial charge in [0.25, 0.3) is 5.89 Å². The van der Waals surface area contributed by atoms with Crippen LogP contribution in [-0.4, -0.2) is 10.1 Å². The number of rotatable bonds is 2. The van der Waals surface area contributed by atoms with Gasteiger partial charge in [-0.25, -0.2) is 0 Å². The number of halogens is 1. The van der Waals surface area contributed by atoms with Gasteiger partial charge in [0, 0.05) is 4.47 Å². The summed E-state index contributed by atoms with van der Waals surface area (Å²) in [6.45, 7) is 0. The summed E-state index contributed by atoms with van der Waals surface area (Å²) in [7, 11) is 0. The molecule has 3 rings (SSSR count). The highest BCUT2D eigenvalue weighted by molar-refractivity contribution is 9.10. The van der Waals surface area contributed by atoms with Crippen molar-refractivity contribution in [3.63, 3.8) is 0 Å². The molecule has 0 saturated heterocycles. The number of nitrogens with two attached hydrogens (primary N) is 1. The zero-order chi connectivity index (χ0) is 12.6. The number of hydrogen-bond donors (Lipinski definition) is 1. The minimum atomic E-state index is -0.400. The summed E-state index contributed by atoms with van der Waals surface area (Å²) >= 11 is 3.48. The summed E-state index contributed by atoms with van der Waals surface area (Å²) in [5.74, 6) is 1.15. The van der Waals surface area contributed by atoms with Crippen LogP contribution in [0, 0.1) is 0 Å². The lowest BCUT2D eigenvalue weighted by Crippen LogP contribution is -2.34. The molecule has 0 amide bonds. The first-order valence-electron chi connectivity index (χ1n) is 6.07. The Labute approximate surface area is 114 Å². The van der Waals surface area contributed by atoms with Crippen LogP contribution in [0.5, 0.6) is 0 Å². The van der Waals surface area contributed by atoms with Crippen molar-refractivity contribution in [2.24, 2.45) is 5.73 Å². The molecule has 0 radical (unpaired) electrons. The van der Waals surface area contributed by atoms with E-state index in [0.29, 0.717) is 11.7 Å². The third kappa shape index (κ3) is 1.97. The first-order chi connectivity index (χ1) is 8.69. The molecule has 1 heterocycles. The van der Waals surface area contributed by atoms with Gasteiger partial charge in [-0.05, 0) is 40.9 Å². The van der Waals surface area contributed by atoms with Crippen LogP contribution >= 0.6 is 15.9 Å². The molecule has 94 valence electrons. The molecule has 0 bridgehead atoms. The van der Waals surface area contributed by atoms with E-state index in [2.05, 4.69) is 26.1 Å². The van der Waals surface area contributed by atoms with Gasteiger partial charge in [-0.15, -0.1) is 0 Å². The third-order valence-corrected chi connectivity index (χ3v) is 4.16. The van der Waals surface area contributed by atoms with Crippen molar-refractivity contribution in [1.82, 2.24) is 10.1 Å². The Balaban J connectivity index is 1.97. The smallest absolute Gasteiger partial charge is 0.259 e. The van der Waals surface area contributed by atoms with E-state index in [0.717, 1.165) is 35.7 Å². The summed E-state index contributed by atoms with van der Waals surface area (Å²) in [4.78, 5) is 4.46. The predicted octanol–water partition coefficient (Wildman–Crippen LogP) is 3.23. The van der Waals surface area contributed by atoms with E-state index in [1.54, 1.807) is 0 Å². The fraction of sp³-hybridized carbons (Fsp3) is 0.385. The molecular formula is C13H14BrN3O. The molecule has 2 aromatic rings. The second-order valence-electron chi connectivity index (χ2n) is 4.77. The van der Waals surface area contributed by atoms with Crippen LogP contribution in [0.3, 0.4) is 0 Å². The minimum absolute atomic E-state index is 0.400. The average molecular weight is 308 g/mol. The van der Waals surface area contributed by atoms with Gasteiger partial charge in [0.15, 0.2) is 5.82 Å². The molecule has 18 heavy (non-hydrogen) atoms. The summed E-state index contributed by atoms with van der Waals surface area (Å²) in [5, 5.41) is 4.06. The maximum absolute atomic E-state index is 6.31. The van der Waals surface area contributed by atoms with Gasteiger partial charge in [-0.2, -0.15) is 4.98 Å². The van der Waals surface area contributed by atoms with Crippen LogP contribution < -0.4 is 5.73 Å². The second kappa shape index (κ2) is 4.48. The summed E-state index contributed by atoms with van der Waals surface area (Å²) in [6.07, 6.45) is 4.13. The van der Waals surface area contributed by atoms with E-state index in [4.69, 9.17) is 10.3 Å². The maximum atomic E-state index is 6.31.